The first-order chi connectivity index (χ1) is 23.3. The molecule has 10 nitrogen and oxygen atoms in total. The van der Waals surface area contributed by atoms with Crippen LogP contribution in [0.2, 0.25) is 0 Å². The SMILES string of the molecule is CCc1ccc(C(=O)Oc2ccc(C(=O)OC3COC4C(OC(=O)c5ccc(OC(=O)c6ccc(CC)cc6)cc5)COC34)cc2)cc1. The molecule has 4 aromatic carbocycles. The van der Waals surface area contributed by atoms with E-state index in [2.05, 4.69) is 0 Å². The standard InChI is InChI=1S/C38H34O10/c1-3-23-5-9-25(10-6-23)35(39)45-29-17-13-27(14-18-29)37(41)47-31-21-43-34-32(22-44-33(31)34)48-38(42)28-15-19-30(20-16-28)46-36(40)26-11-7-24(4-2)8-12-26/h5-20,31-34H,3-4,21-22H2,1-2H3. The van der Waals surface area contributed by atoms with Crippen LogP contribution in [0.15, 0.2) is 97.1 Å². The van der Waals surface area contributed by atoms with Crippen LogP contribution in [0.1, 0.15) is 66.4 Å². The smallest absolute Gasteiger partial charge is 0.343 e. The molecule has 4 unspecified atom stereocenters. The van der Waals surface area contributed by atoms with Crippen LogP contribution in [0.3, 0.4) is 0 Å². The van der Waals surface area contributed by atoms with Gasteiger partial charge in [0.1, 0.15) is 23.7 Å². The number of ether oxygens (including phenoxy) is 6. The molecule has 2 saturated heterocycles. The molecule has 246 valence electrons. The van der Waals surface area contributed by atoms with Crippen molar-refractivity contribution in [2.45, 2.75) is 51.1 Å². The summed E-state index contributed by atoms with van der Waals surface area (Å²) in [6.07, 6.45) is -0.897. The Morgan fingerprint density at radius 3 is 1.15 bits per heavy atom. The molecule has 2 aliphatic rings. The zero-order valence-electron chi connectivity index (χ0n) is 26.5. The minimum absolute atomic E-state index is 0.0723. The third-order valence-electron chi connectivity index (χ3n) is 8.28. The number of carbonyl (C=O) groups is 4. The molecule has 6 rings (SSSR count). The van der Waals surface area contributed by atoms with E-state index in [1.54, 1.807) is 24.3 Å². The fourth-order valence-corrected chi connectivity index (χ4v) is 5.45. The zero-order chi connectivity index (χ0) is 33.6. The predicted molar refractivity (Wildman–Crippen MR) is 172 cm³/mol. The van der Waals surface area contributed by atoms with Crippen LogP contribution in [0.25, 0.3) is 0 Å². The van der Waals surface area contributed by atoms with E-state index >= 15 is 0 Å². The highest BCUT2D eigenvalue weighted by atomic mass is 16.7. The number of benzene rings is 4. The molecule has 48 heavy (non-hydrogen) atoms. The van der Waals surface area contributed by atoms with Gasteiger partial charge in [-0.15, -0.1) is 0 Å². The molecule has 4 aromatic rings. The van der Waals surface area contributed by atoms with E-state index in [9.17, 15) is 19.2 Å². The van der Waals surface area contributed by atoms with E-state index in [0.29, 0.717) is 11.1 Å². The van der Waals surface area contributed by atoms with Crippen molar-refractivity contribution in [2.75, 3.05) is 13.2 Å². The summed E-state index contributed by atoms with van der Waals surface area (Å²) in [6.45, 7) is 4.21. The Morgan fingerprint density at radius 2 is 0.812 bits per heavy atom. The van der Waals surface area contributed by atoms with Gasteiger partial charge in [-0.1, -0.05) is 38.1 Å². The monoisotopic (exact) mass is 650 g/mol. The van der Waals surface area contributed by atoms with Crippen molar-refractivity contribution in [1.29, 1.82) is 0 Å². The van der Waals surface area contributed by atoms with E-state index < -0.39 is 48.3 Å². The number of carbonyl (C=O) groups excluding carboxylic acids is 4. The van der Waals surface area contributed by atoms with Gasteiger partial charge in [-0.3, -0.25) is 0 Å². The van der Waals surface area contributed by atoms with E-state index in [1.807, 2.05) is 38.1 Å². The van der Waals surface area contributed by atoms with Gasteiger partial charge in [0.05, 0.1) is 35.5 Å². The van der Waals surface area contributed by atoms with Crippen LogP contribution in [0.4, 0.5) is 0 Å². The summed E-state index contributed by atoms with van der Waals surface area (Å²) in [5.41, 5.74) is 3.61. The number of aryl methyl sites for hydroxylation is 2. The highest BCUT2D eigenvalue weighted by Gasteiger charge is 2.51. The summed E-state index contributed by atoms with van der Waals surface area (Å²) in [6, 6.07) is 26.5. The number of esters is 4. The Hall–Kier alpha value is -5.32. The van der Waals surface area contributed by atoms with Crippen molar-refractivity contribution in [3.05, 3.63) is 130 Å². The molecular formula is C38H34O10. The van der Waals surface area contributed by atoms with Gasteiger partial charge in [0.15, 0.2) is 12.2 Å². The minimum atomic E-state index is -0.707. The lowest BCUT2D eigenvalue weighted by molar-refractivity contribution is -0.0287. The largest absolute Gasteiger partial charge is 0.453 e. The van der Waals surface area contributed by atoms with Crippen molar-refractivity contribution >= 4 is 23.9 Å². The van der Waals surface area contributed by atoms with E-state index in [-0.39, 0.29) is 35.8 Å². The van der Waals surface area contributed by atoms with Crippen molar-refractivity contribution in [3.63, 3.8) is 0 Å². The van der Waals surface area contributed by atoms with Gasteiger partial charge in [0, 0.05) is 0 Å². The first-order valence-electron chi connectivity index (χ1n) is 15.8. The summed E-state index contributed by atoms with van der Waals surface area (Å²) >= 11 is 0. The van der Waals surface area contributed by atoms with Crippen LogP contribution in [0, 0.1) is 0 Å². The lowest BCUT2D eigenvalue weighted by Crippen LogP contribution is -2.36. The average molecular weight is 651 g/mol. The second kappa shape index (κ2) is 14.6. The fourth-order valence-electron chi connectivity index (χ4n) is 5.45. The quantitative estimate of drug-likeness (QED) is 0.154. The summed E-state index contributed by atoms with van der Waals surface area (Å²) in [7, 11) is 0. The van der Waals surface area contributed by atoms with Crippen LogP contribution in [-0.2, 0) is 31.8 Å². The van der Waals surface area contributed by atoms with Crippen LogP contribution in [-0.4, -0.2) is 61.5 Å². The van der Waals surface area contributed by atoms with Gasteiger partial charge in [-0.05, 0) is 96.8 Å². The highest BCUT2D eigenvalue weighted by Crippen LogP contribution is 2.32. The molecule has 10 heteroatoms. The Balaban J connectivity index is 0.977. The summed E-state index contributed by atoms with van der Waals surface area (Å²) < 4.78 is 33.8. The molecule has 0 amide bonds. The molecule has 2 aliphatic heterocycles. The molecule has 2 heterocycles. The van der Waals surface area contributed by atoms with Gasteiger partial charge in [0.25, 0.3) is 0 Å². The second-order valence-corrected chi connectivity index (χ2v) is 11.4. The third-order valence-corrected chi connectivity index (χ3v) is 8.28. The number of rotatable bonds is 10. The lowest BCUT2D eigenvalue weighted by Gasteiger charge is -2.17. The van der Waals surface area contributed by atoms with Gasteiger partial charge in [-0.2, -0.15) is 0 Å². The maximum Gasteiger partial charge on any atom is 0.343 e. The summed E-state index contributed by atoms with van der Waals surface area (Å²) in [5, 5.41) is 0. The molecule has 0 bridgehead atoms. The molecule has 0 spiro atoms. The van der Waals surface area contributed by atoms with Crippen LogP contribution in [0.5, 0.6) is 11.5 Å². The minimum Gasteiger partial charge on any atom is -0.453 e. The van der Waals surface area contributed by atoms with Crippen LogP contribution < -0.4 is 9.47 Å². The molecule has 0 radical (unpaired) electrons. The molecule has 4 atom stereocenters. The number of fused-ring (bicyclic) bond motifs is 1. The Kier molecular flexibility index (Phi) is 9.94. The van der Waals surface area contributed by atoms with Gasteiger partial charge in [0.2, 0.25) is 0 Å². The maximum absolute atomic E-state index is 12.9. The number of hydrogen-bond donors (Lipinski definition) is 0. The van der Waals surface area contributed by atoms with E-state index in [4.69, 9.17) is 28.4 Å². The average Bonchev–Trinajstić information content (AvgIpc) is 3.71. The van der Waals surface area contributed by atoms with Gasteiger partial charge in [-0.25, -0.2) is 19.2 Å². The fraction of sp³-hybridized carbons (Fsp3) is 0.263. The molecule has 2 fully saturated rings. The van der Waals surface area contributed by atoms with Crippen LogP contribution >= 0.6 is 0 Å². The van der Waals surface area contributed by atoms with Crippen molar-refractivity contribution in [1.82, 2.24) is 0 Å². The molecule has 0 saturated carbocycles. The predicted octanol–water partition coefficient (Wildman–Crippen LogP) is 5.80. The Bertz CT molecular complexity index is 1630. The summed E-state index contributed by atoms with van der Waals surface area (Å²) in [4.78, 5) is 50.7. The normalized spacial score (nSPS) is 19.6. The molecular weight excluding hydrogens is 616 g/mol. The van der Waals surface area contributed by atoms with Crippen molar-refractivity contribution in [2.24, 2.45) is 0 Å². The maximum atomic E-state index is 12.9. The Labute approximate surface area is 277 Å². The topological polar surface area (TPSA) is 124 Å². The lowest BCUT2D eigenvalue weighted by atomic mass is 10.1. The van der Waals surface area contributed by atoms with Crippen molar-refractivity contribution in [3.8, 4) is 11.5 Å². The summed E-state index contributed by atoms with van der Waals surface area (Å²) in [5.74, 6) is -1.61. The van der Waals surface area contributed by atoms with E-state index in [1.165, 1.54) is 48.5 Å². The molecule has 0 aliphatic carbocycles. The number of hydrogen-bond acceptors (Lipinski definition) is 10. The van der Waals surface area contributed by atoms with Gasteiger partial charge >= 0.3 is 23.9 Å². The first kappa shape index (κ1) is 32.6. The molecule has 0 N–H and O–H groups in total. The molecule has 0 aromatic heterocycles. The van der Waals surface area contributed by atoms with E-state index in [0.717, 1.165) is 24.0 Å². The zero-order valence-corrected chi connectivity index (χ0v) is 26.5. The third kappa shape index (κ3) is 7.46. The first-order valence-corrected chi connectivity index (χ1v) is 15.8. The highest BCUT2D eigenvalue weighted by molar-refractivity contribution is 5.93. The van der Waals surface area contributed by atoms with Gasteiger partial charge < -0.3 is 28.4 Å². The Morgan fingerprint density at radius 1 is 0.500 bits per heavy atom. The van der Waals surface area contributed by atoms with Crippen molar-refractivity contribution < 1.29 is 47.6 Å². The second-order valence-electron chi connectivity index (χ2n) is 11.4.